The molecule has 3 aromatic carbocycles. The van der Waals surface area contributed by atoms with E-state index in [0.29, 0.717) is 29.8 Å². The van der Waals surface area contributed by atoms with E-state index in [0.717, 1.165) is 0 Å². The van der Waals surface area contributed by atoms with Crippen LogP contribution in [-0.4, -0.2) is 51.4 Å². The first-order valence-corrected chi connectivity index (χ1v) is 16.4. The number of likely N-dealkylation sites (tertiary alicyclic amines) is 1. The van der Waals surface area contributed by atoms with Crippen molar-refractivity contribution >= 4 is 12.0 Å². The standard InChI is InChI=1S/C36H37F6N5O5/c1-3-43-30(48)19-33(47-23-44-45-31(47)49)14-15-34(27-12-8-5-9-13-27,46(21-33)32(50)51-20-25-10-6-4-7-11-25)22-52-24(2)26-16-28(35(37,38)39)18-29(17-26)36(40,41)42/h4-13,16-18,23-24H,3,14-15,19-22H2,1-2H3,(H,43,48)(H,45,49)/t24-,33-,34-/m1/s1. The molecule has 1 aromatic heterocycles. The third-order valence-electron chi connectivity index (χ3n) is 9.29. The first-order chi connectivity index (χ1) is 24.6. The van der Waals surface area contributed by atoms with Gasteiger partial charge in [0.2, 0.25) is 5.91 Å². The number of halogens is 6. The number of hydrogen-bond acceptors (Lipinski definition) is 6. The zero-order valence-electron chi connectivity index (χ0n) is 28.3. The Bertz CT molecular complexity index is 1870. The second kappa shape index (κ2) is 15.2. The number of benzene rings is 3. The van der Waals surface area contributed by atoms with Crippen molar-refractivity contribution in [1.82, 2.24) is 25.0 Å². The van der Waals surface area contributed by atoms with Crippen molar-refractivity contribution < 1.29 is 45.4 Å². The number of ether oxygens (including phenoxy) is 2. The van der Waals surface area contributed by atoms with E-state index in [-0.39, 0.29) is 44.0 Å². The number of nitrogens with zero attached hydrogens (tertiary/aromatic N) is 3. The van der Waals surface area contributed by atoms with Crippen molar-refractivity contribution in [3.8, 4) is 0 Å². The third kappa shape index (κ3) is 8.33. The van der Waals surface area contributed by atoms with Crippen LogP contribution in [0.2, 0.25) is 0 Å². The lowest BCUT2D eigenvalue weighted by Gasteiger charge is -2.53. The van der Waals surface area contributed by atoms with Crippen LogP contribution in [0.4, 0.5) is 31.1 Å². The number of alkyl halides is 6. The highest BCUT2D eigenvalue weighted by Crippen LogP contribution is 2.46. The Balaban J connectivity index is 1.59. The van der Waals surface area contributed by atoms with Crippen LogP contribution in [0.1, 0.15) is 67.0 Å². The van der Waals surface area contributed by atoms with Gasteiger partial charge in [0, 0.05) is 13.1 Å². The molecule has 52 heavy (non-hydrogen) atoms. The summed E-state index contributed by atoms with van der Waals surface area (Å²) >= 11 is 0. The van der Waals surface area contributed by atoms with Gasteiger partial charge < -0.3 is 14.8 Å². The maximum Gasteiger partial charge on any atom is 0.416 e. The molecule has 1 aliphatic rings. The van der Waals surface area contributed by atoms with Gasteiger partial charge in [-0.05, 0) is 61.6 Å². The summed E-state index contributed by atoms with van der Waals surface area (Å²) in [5.74, 6) is -0.407. The van der Waals surface area contributed by atoms with Crippen LogP contribution in [0.25, 0.3) is 0 Å². The lowest BCUT2D eigenvalue weighted by Crippen LogP contribution is -2.64. The first-order valence-electron chi connectivity index (χ1n) is 16.4. The number of hydrogen-bond donors (Lipinski definition) is 2. The lowest BCUT2D eigenvalue weighted by atomic mass is 9.73. The van der Waals surface area contributed by atoms with E-state index in [9.17, 15) is 40.7 Å². The topological polar surface area (TPSA) is 119 Å². The first kappa shape index (κ1) is 38.1. The minimum Gasteiger partial charge on any atom is -0.445 e. The zero-order chi connectivity index (χ0) is 37.7. The van der Waals surface area contributed by atoms with Crippen LogP contribution in [0, 0.1) is 0 Å². The Morgan fingerprint density at radius 2 is 1.56 bits per heavy atom. The summed E-state index contributed by atoms with van der Waals surface area (Å²) in [5, 5.41) is 8.91. The fourth-order valence-electron chi connectivity index (χ4n) is 6.56. The highest BCUT2D eigenvalue weighted by molar-refractivity contribution is 5.77. The molecule has 16 heteroatoms. The number of aromatic nitrogens is 3. The maximum atomic E-state index is 14.3. The highest BCUT2D eigenvalue weighted by atomic mass is 19.4. The molecule has 5 rings (SSSR count). The fourth-order valence-corrected chi connectivity index (χ4v) is 6.56. The summed E-state index contributed by atoms with van der Waals surface area (Å²) in [6, 6.07) is 18.6. The monoisotopic (exact) mass is 733 g/mol. The van der Waals surface area contributed by atoms with Gasteiger partial charge in [-0.15, -0.1) is 0 Å². The van der Waals surface area contributed by atoms with Crippen LogP contribution < -0.4 is 11.0 Å². The molecule has 2 amide bonds. The molecule has 1 saturated heterocycles. The van der Waals surface area contributed by atoms with Crippen LogP contribution in [0.3, 0.4) is 0 Å². The Morgan fingerprint density at radius 1 is 0.942 bits per heavy atom. The molecule has 0 saturated carbocycles. The second-order valence-electron chi connectivity index (χ2n) is 12.7. The second-order valence-corrected chi connectivity index (χ2v) is 12.7. The van der Waals surface area contributed by atoms with E-state index in [1.165, 1.54) is 22.7 Å². The van der Waals surface area contributed by atoms with E-state index in [1.54, 1.807) is 67.6 Å². The number of amides is 2. The molecule has 0 radical (unpaired) electrons. The summed E-state index contributed by atoms with van der Waals surface area (Å²) in [6.07, 6.45) is -11.2. The van der Waals surface area contributed by atoms with Gasteiger partial charge in [0.15, 0.2) is 0 Å². The van der Waals surface area contributed by atoms with Gasteiger partial charge in [-0.25, -0.2) is 14.7 Å². The lowest BCUT2D eigenvalue weighted by molar-refractivity contribution is -0.143. The number of carbonyl (C=O) groups is 2. The predicted octanol–water partition coefficient (Wildman–Crippen LogP) is 6.94. The van der Waals surface area contributed by atoms with Gasteiger partial charge in [0.05, 0.1) is 41.3 Å². The average molecular weight is 734 g/mol. The third-order valence-corrected chi connectivity index (χ3v) is 9.29. The van der Waals surface area contributed by atoms with E-state index in [4.69, 9.17) is 9.47 Å². The minimum absolute atomic E-state index is 0.0254. The molecular weight excluding hydrogens is 696 g/mol. The Morgan fingerprint density at radius 3 is 2.12 bits per heavy atom. The molecular formula is C36H37F6N5O5. The maximum absolute atomic E-state index is 14.3. The molecule has 1 fully saturated rings. The van der Waals surface area contributed by atoms with Crippen molar-refractivity contribution in [3.05, 3.63) is 123 Å². The molecule has 0 bridgehead atoms. The summed E-state index contributed by atoms with van der Waals surface area (Å²) in [7, 11) is 0. The summed E-state index contributed by atoms with van der Waals surface area (Å²) in [5.41, 5.74) is -5.60. The van der Waals surface area contributed by atoms with Gasteiger partial charge >= 0.3 is 24.1 Å². The van der Waals surface area contributed by atoms with Crippen LogP contribution in [-0.2, 0) is 44.3 Å². The van der Waals surface area contributed by atoms with Crippen molar-refractivity contribution in [2.45, 2.75) is 69.3 Å². The molecule has 2 N–H and O–H groups in total. The quantitative estimate of drug-likeness (QED) is 0.162. The average Bonchev–Trinajstić information content (AvgIpc) is 3.56. The summed E-state index contributed by atoms with van der Waals surface area (Å²) in [6.45, 7) is 2.49. The van der Waals surface area contributed by atoms with E-state index in [2.05, 4.69) is 15.5 Å². The van der Waals surface area contributed by atoms with E-state index >= 15 is 0 Å². The number of piperidine rings is 1. The molecule has 0 aliphatic carbocycles. The molecule has 2 heterocycles. The Kier molecular flexibility index (Phi) is 11.2. The van der Waals surface area contributed by atoms with E-state index < -0.39 is 65.0 Å². The number of nitrogens with one attached hydrogen (secondary N) is 2. The van der Waals surface area contributed by atoms with Crippen molar-refractivity contribution in [2.75, 3.05) is 19.7 Å². The Labute approximate surface area is 294 Å². The van der Waals surface area contributed by atoms with Gasteiger partial charge in [-0.2, -0.15) is 31.4 Å². The highest BCUT2D eigenvalue weighted by Gasteiger charge is 2.54. The van der Waals surface area contributed by atoms with Crippen LogP contribution in [0.15, 0.2) is 90.0 Å². The van der Waals surface area contributed by atoms with Gasteiger partial charge in [0.1, 0.15) is 12.9 Å². The van der Waals surface area contributed by atoms with Crippen molar-refractivity contribution in [3.63, 3.8) is 0 Å². The Hall–Kier alpha value is -5.12. The minimum atomic E-state index is -5.07. The molecule has 4 aromatic rings. The van der Waals surface area contributed by atoms with E-state index in [1.807, 2.05) is 0 Å². The number of carbonyl (C=O) groups excluding carboxylic acids is 2. The molecule has 0 spiro atoms. The molecule has 3 atom stereocenters. The van der Waals surface area contributed by atoms with Gasteiger partial charge in [0.25, 0.3) is 0 Å². The smallest absolute Gasteiger partial charge is 0.416 e. The largest absolute Gasteiger partial charge is 0.445 e. The normalized spacial score (nSPS) is 20.0. The zero-order valence-corrected chi connectivity index (χ0v) is 28.3. The molecule has 10 nitrogen and oxygen atoms in total. The predicted molar refractivity (Wildman–Crippen MR) is 176 cm³/mol. The SMILES string of the molecule is CCNC(=O)C[C@]1(n2cn[nH]c2=O)CC[C@@](CO[C@H](C)c2cc(C(F)(F)F)cc(C(F)(F)F)c2)(c2ccccc2)N(C(=O)OCc2ccccc2)C1. The number of aromatic amines is 1. The molecule has 278 valence electrons. The van der Waals surface area contributed by atoms with Crippen LogP contribution in [0.5, 0.6) is 0 Å². The molecule has 0 unspecified atom stereocenters. The van der Waals surface area contributed by atoms with Gasteiger partial charge in [-0.3, -0.25) is 14.3 Å². The number of rotatable bonds is 11. The molecule has 1 aliphatic heterocycles. The summed E-state index contributed by atoms with van der Waals surface area (Å²) in [4.78, 5) is 41.8. The fraction of sp³-hybridized carbons (Fsp3) is 0.389. The number of H-pyrrole nitrogens is 1. The van der Waals surface area contributed by atoms with Gasteiger partial charge in [-0.1, -0.05) is 60.7 Å². The summed E-state index contributed by atoms with van der Waals surface area (Å²) < 4.78 is 95.6. The van der Waals surface area contributed by atoms with Crippen LogP contribution >= 0.6 is 0 Å². The van der Waals surface area contributed by atoms with Crippen molar-refractivity contribution in [1.29, 1.82) is 0 Å². The van der Waals surface area contributed by atoms with Crippen molar-refractivity contribution in [2.24, 2.45) is 0 Å².